The van der Waals surface area contributed by atoms with Crippen LogP contribution in [0, 0.1) is 6.92 Å². The first-order valence-corrected chi connectivity index (χ1v) is 10.1. The highest BCUT2D eigenvalue weighted by Crippen LogP contribution is 2.21. The summed E-state index contributed by atoms with van der Waals surface area (Å²) in [4.78, 5) is 4.83. The van der Waals surface area contributed by atoms with Crippen LogP contribution >= 0.6 is 0 Å². The predicted molar refractivity (Wildman–Crippen MR) is 115 cm³/mol. The van der Waals surface area contributed by atoms with Gasteiger partial charge in [0.05, 0.1) is 5.69 Å². The lowest BCUT2D eigenvalue weighted by molar-refractivity contribution is 0.250. The Hall–Kier alpha value is -3.25. The second-order valence-corrected chi connectivity index (χ2v) is 7.55. The van der Waals surface area contributed by atoms with Crippen LogP contribution < -0.4 is 4.90 Å². The molecule has 0 N–H and O–H groups in total. The highest BCUT2D eigenvalue weighted by Gasteiger charge is 2.19. The number of aromatic nitrogens is 4. The largest absolute Gasteiger partial charge is 0.353 e. The molecule has 0 amide bonds. The lowest BCUT2D eigenvalue weighted by Crippen LogP contribution is -2.46. The number of piperazine rings is 1. The molecule has 146 valence electrons. The third kappa shape index (κ3) is 3.71. The molecule has 5 rings (SSSR count). The number of aryl methyl sites for hydroxylation is 1. The SMILES string of the molecule is Cc1ccn(-c2ccc(N3CCN(Cc4cccc5ccccc45)CC3)nn2)n1. The minimum absolute atomic E-state index is 0.747. The van der Waals surface area contributed by atoms with E-state index in [4.69, 9.17) is 0 Å². The Morgan fingerprint density at radius 3 is 2.31 bits per heavy atom. The van der Waals surface area contributed by atoms with Gasteiger partial charge < -0.3 is 4.90 Å². The number of rotatable bonds is 4. The monoisotopic (exact) mass is 384 g/mol. The van der Waals surface area contributed by atoms with Gasteiger partial charge >= 0.3 is 0 Å². The van der Waals surface area contributed by atoms with E-state index in [0.717, 1.165) is 50.1 Å². The molecule has 1 saturated heterocycles. The summed E-state index contributed by atoms with van der Waals surface area (Å²) in [6.45, 7) is 6.91. The Labute approximate surface area is 170 Å². The first kappa shape index (κ1) is 17.8. The zero-order valence-corrected chi connectivity index (χ0v) is 16.6. The quantitative estimate of drug-likeness (QED) is 0.539. The molecule has 0 spiro atoms. The number of hydrogen-bond donors (Lipinski definition) is 0. The van der Waals surface area contributed by atoms with Crippen molar-refractivity contribution in [2.24, 2.45) is 0 Å². The summed E-state index contributed by atoms with van der Waals surface area (Å²) in [5.74, 6) is 1.68. The van der Waals surface area contributed by atoms with Gasteiger partial charge in [0.15, 0.2) is 11.6 Å². The van der Waals surface area contributed by atoms with Gasteiger partial charge in [-0.15, -0.1) is 10.2 Å². The highest BCUT2D eigenvalue weighted by molar-refractivity contribution is 5.85. The van der Waals surface area contributed by atoms with Crippen LogP contribution in [0.5, 0.6) is 0 Å². The van der Waals surface area contributed by atoms with Gasteiger partial charge in [0.2, 0.25) is 0 Å². The summed E-state index contributed by atoms with van der Waals surface area (Å²) in [5.41, 5.74) is 2.37. The molecule has 0 radical (unpaired) electrons. The lowest BCUT2D eigenvalue weighted by Gasteiger charge is -2.35. The maximum atomic E-state index is 4.43. The maximum Gasteiger partial charge on any atom is 0.175 e. The van der Waals surface area contributed by atoms with Gasteiger partial charge in [0.1, 0.15) is 0 Å². The summed E-state index contributed by atoms with van der Waals surface area (Å²) in [5, 5.41) is 15.8. The van der Waals surface area contributed by atoms with Gasteiger partial charge in [-0.3, -0.25) is 4.90 Å². The highest BCUT2D eigenvalue weighted by atomic mass is 15.4. The van der Waals surface area contributed by atoms with Crippen LogP contribution in [0.2, 0.25) is 0 Å². The van der Waals surface area contributed by atoms with Gasteiger partial charge in [0.25, 0.3) is 0 Å². The summed E-state index contributed by atoms with van der Waals surface area (Å²) in [7, 11) is 0. The standard InChI is InChI=1S/C23H24N6/c1-18-11-12-29(26-18)23-10-9-22(24-25-23)28-15-13-27(14-16-28)17-20-7-4-6-19-5-2-3-8-21(19)20/h2-12H,13-17H2,1H3. The average Bonchev–Trinajstić information content (AvgIpc) is 3.21. The molecule has 0 saturated carbocycles. The molecule has 2 aromatic carbocycles. The number of anilines is 1. The van der Waals surface area contributed by atoms with Crippen molar-refractivity contribution in [3.05, 3.63) is 78.1 Å². The Kier molecular flexibility index (Phi) is 4.69. The van der Waals surface area contributed by atoms with Crippen LogP contribution in [0.3, 0.4) is 0 Å². The molecule has 6 heteroatoms. The van der Waals surface area contributed by atoms with Gasteiger partial charge in [0, 0.05) is 38.9 Å². The van der Waals surface area contributed by atoms with E-state index < -0.39 is 0 Å². The van der Waals surface area contributed by atoms with Crippen LogP contribution in [0.25, 0.3) is 16.6 Å². The second-order valence-electron chi connectivity index (χ2n) is 7.55. The number of nitrogens with zero attached hydrogens (tertiary/aromatic N) is 6. The number of fused-ring (bicyclic) bond motifs is 1. The molecule has 1 aliphatic heterocycles. The van der Waals surface area contributed by atoms with Gasteiger partial charge in [-0.2, -0.15) is 5.10 Å². The van der Waals surface area contributed by atoms with Crippen molar-refractivity contribution in [1.82, 2.24) is 24.9 Å². The molecule has 0 bridgehead atoms. The van der Waals surface area contributed by atoms with Crippen molar-refractivity contribution in [3.8, 4) is 5.82 Å². The normalized spacial score (nSPS) is 15.1. The first-order chi connectivity index (χ1) is 14.3. The van der Waals surface area contributed by atoms with Crippen LogP contribution in [-0.2, 0) is 6.54 Å². The smallest absolute Gasteiger partial charge is 0.175 e. The van der Waals surface area contributed by atoms with E-state index in [-0.39, 0.29) is 0 Å². The van der Waals surface area contributed by atoms with Crippen molar-refractivity contribution >= 4 is 16.6 Å². The Morgan fingerprint density at radius 2 is 1.55 bits per heavy atom. The molecular weight excluding hydrogens is 360 g/mol. The Morgan fingerprint density at radius 1 is 0.793 bits per heavy atom. The van der Waals surface area contributed by atoms with E-state index in [1.54, 1.807) is 4.68 Å². The topological polar surface area (TPSA) is 50.1 Å². The van der Waals surface area contributed by atoms with Gasteiger partial charge in [-0.1, -0.05) is 42.5 Å². The fourth-order valence-electron chi connectivity index (χ4n) is 3.96. The average molecular weight is 384 g/mol. The summed E-state index contributed by atoms with van der Waals surface area (Å²) in [6, 6.07) is 21.2. The van der Waals surface area contributed by atoms with Crippen LogP contribution in [0.4, 0.5) is 5.82 Å². The molecular formula is C23H24N6. The number of hydrogen-bond acceptors (Lipinski definition) is 5. The van der Waals surface area contributed by atoms with Crippen molar-refractivity contribution in [1.29, 1.82) is 0 Å². The lowest BCUT2D eigenvalue weighted by atomic mass is 10.0. The minimum Gasteiger partial charge on any atom is -0.353 e. The van der Waals surface area contributed by atoms with Crippen molar-refractivity contribution < 1.29 is 0 Å². The van der Waals surface area contributed by atoms with Crippen LogP contribution in [0.15, 0.2) is 66.9 Å². The van der Waals surface area contributed by atoms with E-state index in [1.807, 2.05) is 31.3 Å². The molecule has 29 heavy (non-hydrogen) atoms. The zero-order chi connectivity index (χ0) is 19.6. The third-order valence-corrected chi connectivity index (χ3v) is 5.56. The zero-order valence-electron chi connectivity index (χ0n) is 16.6. The van der Waals surface area contributed by atoms with E-state index in [2.05, 4.69) is 67.6 Å². The molecule has 0 unspecified atom stereocenters. The van der Waals surface area contributed by atoms with Crippen molar-refractivity contribution in [3.63, 3.8) is 0 Å². The molecule has 6 nitrogen and oxygen atoms in total. The first-order valence-electron chi connectivity index (χ1n) is 10.1. The fourth-order valence-corrected chi connectivity index (χ4v) is 3.96. The van der Waals surface area contributed by atoms with Gasteiger partial charge in [-0.25, -0.2) is 4.68 Å². The van der Waals surface area contributed by atoms with Crippen LogP contribution in [0.1, 0.15) is 11.3 Å². The molecule has 1 fully saturated rings. The molecule has 0 atom stereocenters. The summed E-state index contributed by atoms with van der Waals surface area (Å²) >= 11 is 0. The van der Waals surface area contributed by atoms with E-state index in [0.29, 0.717) is 0 Å². The van der Waals surface area contributed by atoms with E-state index in [1.165, 1.54) is 16.3 Å². The fraction of sp³-hybridized carbons (Fsp3) is 0.261. The minimum atomic E-state index is 0.747. The second kappa shape index (κ2) is 7.64. The van der Waals surface area contributed by atoms with Crippen molar-refractivity contribution in [2.75, 3.05) is 31.1 Å². The summed E-state index contributed by atoms with van der Waals surface area (Å²) in [6.07, 6.45) is 1.91. The van der Waals surface area contributed by atoms with E-state index in [9.17, 15) is 0 Å². The Balaban J connectivity index is 1.23. The molecule has 3 heterocycles. The Bertz CT molecular complexity index is 1100. The van der Waals surface area contributed by atoms with Crippen molar-refractivity contribution in [2.45, 2.75) is 13.5 Å². The summed E-state index contributed by atoms with van der Waals surface area (Å²) < 4.78 is 1.76. The van der Waals surface area contributed by atoms with E-state index >= 15 is 0 Å². The molecule has 1 aliphatic rings. The van der Waals surface area contributed by atoms with Crippen LogP contribution in [-0.4, -0.2) is 51.1 Å². The maximum absolute atomic E-state index is 4.43. The predicted octanol–water partition coefficient (Wildman–Crippen LogP) is 3.45. The number of benzene rings is 2. The third-order valence-electron chi connectivity index (χ3n) is 5.56. The van der Waals surface area contributed by atoms with Gasteiger partial charge in [-0.05, 0) is 41.5 Å². The molecule has 4 aromatic rings. The molecule has 0 aliphatic carbocycles. The molecule has 2 aromatic heterocycles.